The van der Waals surface area contributed by atoms with Gasteiger partial charge in [-0.1, -0.05) is 66.7 Å². The summed E-state index contributed by atoms with van der Waals surface area (Å²) in [5.74, 6) is 0.813. The van der Waals surface area contributed by atoms with Gasteiger partial charge in [0.05, 0.1) is 11.0 Å². The minimum atomic E-state index is 0.664. The SMILES string of the molecule is O=Cc1ccc(-c2nc3c(ccc4c5ccccc5ccc43)[nH]2)cc1. The lowest BCUT2D eigenvalue weighted by atomic mass is 10.0. The first-order valence-electron chi connectivity index (χ1n) is 8.19. The molecular formula is C22H14N2O. The third-order valence-corrected chi connectivity index (χ3v) is 4.69. The van der Waals surface area contributed by atoms with Crippen LogP contribution in [0.3, 0.4) is 0 Å². The highest BCUT2D eigenvalue weighted by Gasteiger charge is 2.10. The molecule has 4 aromatic carbocycles. The highest BCUT2D eigenvalue weighted by Crippen LogP contribution is 2.31. The molecule has 0 aliphatic rings. The number of hydrogen-bond donors (Lipinski definition) is 1. The molecule has 0 aliphatic carbocycles. The molecule has 1 heterocycles. The van der Waals surface area contributed by atoms with Crippen molar-refractivity contribution >= 4 is 38.9 Å². The molecule has 0 aliphatic heterocycles. The Morgan fingerprint density at radius 2 is 1.56 bits per heavy atom. The highest BCUT2D eigenvalue weighted by molar-refractivity contribution is 6.15. The first-order chi connectivity index (χ1) is 12.3. The maximum atomic E-state index is 10.8. The second-order valence-corrected chi connectivity index (χ2v) is 6.17. The molecule has 118 valence electrons. The number of aromatic amines is 1. The van der Waals surface area contributed by atoms with Gasteiger partial charge in [0, 0.05) is 16.5 Å². The summed E-state index contributed by atoms with van der Waals surface area (Å²) in [6, 6.07) is 24.4. The predicted octanol–water partition coefficient (Wildman–Crippen LogP) is 5.35. The standard InChI is InChI=1S/C22H14N2O/c25-13-14-5-7-16(8-6-14)22-23-20-12-11-18-17-4-2-1-3-15(17)9-10-19(18)21(20)24-22/h1-13H,(H,23,24). The molecule has 25 heavy (non-hydrogen) atoms. The molecule has 1 N–H and O–H groups in total. The van der Waals surface area contributed by atoms with Crippen LogP contribution in [-0.2, 0) is 0 Å². The second kappa shape index (κ2) is 5.28. The van der Waals surface area contributed by atoms with E-state index in [1.807, 2.05) is 12.1 Å². The van der Waals surface area contributed by atoms with E-state index in [4.69, 9.17) is 4.98 Å². The Hall–Kier alpha value is -3.46. The molecule has 0 bridgehead atoms. The molecular weight excluding hydrogens is 308 g/mol. The van der Waals surface area contributed by atoms with Gasteiger partial charge in [0.1, 0.15) is 12.1 Å². The Morgan fingerprint density at radius 1 is 0.760 bits per heavy atom. The van der Waals surface area contributed by atoms with Crippen molar-refractivity contribution in [2.24, 2.45) is 0 Å². The lowest BCUT2D eigenvalue weighted by molar-refractivity contribution is 0.112. The van der Waals surface area contributed by atoms with Gasteiger partial charge in [-0.2, -0.15) is 0 Å². The molecule has 3 heteroatoms. The number of aldehydes is 1. The maximum absolute atomic E-state index is 10.8. The Bertz CT molecular complexity index is 1250. The molecule has 0 atom stereocenters. The average molecular weight is 322 g/mol. The van der Waals surface area contributed by atoms with Crippen LogP contribution < -0.4 is 0 Å². The number of hydrogen-bond acceptors (Lipinski definition) is 2. The zero-order valence-corrected chi connectivity index (χ0v) is 13.4. The smallest absolute Gasteiger partial charge is 0.150 e. The molecule has 0 radical (unpaired) electrons. The van der Waals surface area contributed by atoms with Gasteiger partial charge in [-0.05, 0) is 22.2 Å². The van der Waals surface area contributed by atoms with E-state index in [1.54, 1.807) is 12.1 Å². The van der Waals surface area contributed by atoms with E-state index in [2.05, 4.69) is 53.5 Å². The van der Waals surface area contributed by atoms with Gasteiger partial charge in [0.25, 0.3) is 0 Å². The van der Waals surface area contributed by atoms with Gasteiger partial charge >= 0.3 is 0 Å². The van der Waals surface area contributed by atoms with Crippen LogP contribution in [0.4, 0.5) is 0 Å². The van der Waals surface area contributed by atoms with E-state index in [9.17, 15) is 4.79 Å². The largest absolute Gasteiger partial charge is 0.338 e. The Morgan fingerprint density at radius 3 is 2.40 bits per heavy atom. The van der Waals surface area contributed by atoms with E-state index in [1.165, 1.54) is 16.2 Å². The van der Waals surface area contributed by atoms with Crippen molar-refractivity contribution < 1.29 is 4.79 Å². The summed E-state index contributed by atoms with van der Waals surface area (Å²) in [5.41, 5.74) is 3.61. The molecule has 0 amide bonds. The third kappa shape index (κ3) is 2.13. The van der Waals surface area contributed by atoms with Crippen LogP contribution in [0, 0.1) is 0 Å². The number of carbonyl (C=O) groups excluding carboxylic acids is 1. The van der Waals surface area contributed by atoms with Gasteiger partial charge in [-0.3, -0.25) is 4.79 Å². The molecule has 0 unspecified atom stereocenters. The van der Waals surface area contributed by atoms with Crippen LogP contribution in [-0.4, -0.2) is 16.3 Å². The summed E-state index contributed by atoms with van der Waals surface area (Å²) >= 11 is 0. The minimum absolute atomic E-state index is 0.664. The van der Waals surface area contributed by atoms with Gasteiger partial charge in [-0.15, -0.1) is 0 Å². The highest BCUT2D eigenvalue weighted by atomic mass is 16.1. The van der Waals surface area contributed by atoms with E-state index < -0.39 is 0 Å². The zero-order valence-electron chi connectivity index (χ0n) is 13.4. The number of aromatic nitrogens is 2. The van der Waals surface area contributed by atoms with Crippen LogP contribution in [0.5, 0.6) is 0 Å². The van der Waals surface area contributed by atoms with Crippen molar-refractivity contribution in [1.29, 1.82) is 0 Å². The van der Waals surface area contributed by atoms with Gasteiger partial charge in [-0.25, -0.2) is 4.98 Å². The third-order valence-electron chi connectivity index (χ3n) is 4.69. The summed E-state index contributed by atoms with van der Waals surface area (Å²) in [6.07, 6.45) is 0.848. The number of benzene rings is 4. The maximum Gasteiger partial charge on any atom is 0.150 e. The fraction of sp³-hybridized carbons (Fsp3) is 0. The molecule has 5 rings (SSSR count). The molecule has 0 spiro atoms. The summed E-state index contributed by atoms with van der Waals surface area (Å²) in [5, 5.41) is 4.82. The van der Waals surface area contributed by atoms with E-state index in [0.717, 1.165) is 34.1 Å². The molecule has 0 fully saturated rings. The summed E-state index contributed by atoms with van der Waals surface area (Å²) in [7, 11) is 0. The lowest BCUT2D eigenvalue weighted by Gasteiger charge is -2.03. The molecule has 1 aromatic heterocycles. The fourth-order valence-electron chi connectivity index (χ4n) is 3.42. The monoisotopic (exact) mass is 322 g/mol. The number of rotatable bonds is 2. The van der Waals surface area contributed by atoms with E-state index >= 15 is 0 Å². The Balaban J connectivity index is 1.77. The summed E-state index contributed by atoms with van der Waals surface area (Å²) in [4.78, 5) is 19.0. The van der Waals surface area contributed by atoms with Crippen LogP contribution in [0.15, 0.2) is 72.8 Å². The molecule has 3 nitrogen and oxygen atoms in total. The summed E-state index contributed by atoms with van der Waals surface area (Å²) < 4.78 is 0. The van der Waals surface area contributed by atoms with Crippen molar-refractivity contribution in [3.05, 3.63) is 78.4 Å². The Kier molecular flexibility index (Phi) is 2.94. The average Bonchev–Trinajstić information content (AvgIpc) is 3.12. The molecule has 0 saturated heterocycles. The molecule has 5 aromatic rings. The zero-order chi connectivity index (χ0) is 16.8. The number of imidazole rings is 1. The number of carbonyl (C=O) groups is 1. The lowest BCUT2D eigenvalue weighted by Crippen LogP contribution is -1.82. The Labute approximate surface area is 143 Å². The second-order valence-electron chi connectivity index (χ2n) is 6.17. The van der Waals surface area contributed by atoms with E-state index in [0.29, 0.717) is 5.56 Å². The first-order valence-corrected chi connectivity index (χ1v) is 8.19. The number of nitrogens with one attached hydrogen (secondary N) is 1. The number of H-pyrrole nitrogens is 1. The van der Waals surface area contributed by atoms with Gasteiger partial charge < -0.3 is 4.98 Å². The van der Waals surface area contributed by atoms with Gasteiger partial charge in [0.2, 0.25) is 0 Å². The summed E-state index contributed by atoms with van der Waals surface area (Å²) in [6.45, 7) is 0. The predicted molar refractivity (Wildman–Crippen MR) is 102 cm³/mol. The van der Waals surface area contributed by atoms with Crippen LogP contribution in [0.25, 0.3) is 44.0 Å². The van der Waals surface area contributed by atoms with Crippen molar-refractivity contribution in [2.45, 2.75) is 0 Å². The first kappa shape index (κ1) is 13.9. The quantitative estimate of drug-likeness (QED) is 0.352. The minimum Gasteiger partial charge on any atom is -0.338 e. The van der Waals surface area contributed by atoms with Crippen LogP contribution in [0.1, 0.15) is 10.4 Å². The van der Waals surface area contributed by atoms with Crippen molar-refractivity contribution in [2.75, 3.05) is 0 Å². The van der Waals surface area contributed by atoms with Crippen LogP contribution >= 0.6 is 0 Å². The van der Waals surface area contributed by atoms with Crippen LogP contribution in [0.2, 0.25) is 0 Å². The normalized spacial score (nSPS) is 11.4. The fourth-order valence-corrected chi connectivity index (χ4v) is 3.42. The topological polar surface area (TPSA) is 45.8 Å². The number of nitrogens with zero attached hydrogens (tertiary/aromatic N) is 1. The van der Waals surface area contributed by atoms with Crippen molar-refractivity contribution in [3.63, 3.8) is 0 Å². The number of fused-ring (bicyclic) bond motifs is 5. The van der Waals surface area contributed by atoms with Gasteiger partial charge in [0.15, 0.2) is 0 Å². The van der Waals surface area contributed by atoms with Crippen molar-refractivity contribution in [1.82, 2.24) is 9.97 Å². The van der Waals surface area contributed by atoms with E-state index in [-0.39, 0.29) is 0 Å². The molecule has 0 saturated carbocycles. The van der Waals surface area contributed by atoms with Crippen molar-refractivity contribution in [3.8, 4) is 11.4 Å².